The van der Waals surface area contributed by atoms with Crippen molar-refractivity contribution in [2.24, 2.45) is 4.99 Å². The fraction of sp³-hybridized carbons (Fsp3) is 0.222. The largest absolute Gasteiger partial charge is 0.234 e. The molecule has 0 atom stereocenters. The molecule has 0 saturated heterocycles. The van der Waals surface area contributed by atoms with E-state index < -0.39 is 11.6 Å². The summed E-state index contributed by atoms with van der Waals surface area (Å²) in [5, 5.41) is -0.142. The van der Waals surface area contributed by atoms with Gasteiger partial charge in [0.05, 0.1) is 11.6 Å². The van der Waals surface area contributed by atoms with Crippen LogP contribution < -0.4 is 0 Å². The quantitative estimate of drug-likeness (QED) is 0.435. The number of carbonyl (C=O) groups excluding carboxylic acids is 1. The minimum Gasteiger partial charge on any atom is -0.211 e. The molecule has 0 heterocycles. The molecule has 0 aliphatic heterocycles. The first-order chi connectivity index (χ1) is 6.66. The van der Waals surface area contributed by atoms with Gasteiger partial charge in [0.15, 0.2) is 0 Å². The third-order valence-electron chi connectivity index (χ3n) is 1.68. The average molecular weight is 218 g/mol. The number of halogens is 3. The molecule has 0 unspecified atom stereocenters. The van der Waals surface area contributed by atoms with Crippen LogP contribution >= 0.6 is 11.6 Å². The van der Waals surface area contributed by atoms with Crippen LogP contribution in [0.25, 0.3) is 0 Å². The van der Waals surface area contributed by atoms with E-state index in [2.05, 4.69) is 4.99 Å². The number of nitrogens with zero attached hydrogens (tertiary/aromatic N) is 1. The van der Waals surface area contributed by atoms with Crippen molar-refractivity contribution in [2.75, 3.05) is 6.54 Å². The molecule has 0 saturated carbocycles. The predicted molar refractivity (Wildman–Crippen MR) is 48.1 cm³/mol. The highest BCUT2D eigenvalue weighted by Gasteiger charge is 2.11. The lowest BCUT2D eigenvalue weighted by Gasteiger charge is -2.03. The standard InChI is InChI=1S/C9H6ClF2NO/c10-7-1-2-8(11)6(9(7)12)3-4-13-5-14/h1-2H,3-4H2. The molecule has 1 rings (SSSR count). The van der Waals surface area contributed by atoms with Crippen molar-refractivity contribution in [1.29, 1.82) is 0 Å². The second-order valence-corrected chi connectivity index (χ2v) is 2.95. The first-order valence-corrected chi connectivity index (χ1v) is 4.20. The van der Waals surface area contributed by atoms with E-state index >= 15 is 0 Å². The normalized spacial score (nSPS) is 9.64. The molecule has 2 nitrogen and oxygen atoms in total. The van der Waals surface area contributed by atoms with Crippen LogP contribution in [0.15, 0.2) is 17.1 Å². The molecule has 0 aliphatic carbocycles. The Balaban J connectivity index is 2.94. The molecule has 5 heteroatoms. The van der Waals surface area contributed by atoms with Crippen LogP contribution in [0.2, 0.25) is 5.02 Å². The minimum absolute atomic E-state index is 0.00230. The molecule has 14 heavy (non-hydrogen) atoms. The molecule has 0 amide bonds. The lowest BCUT2D eigenvalue weighted by atomic mass is 10.1. The third kappa shape index (κ3) is 2.37. The topological polar surface area (TPSA) is 29.4 Å². The summed E-state index contributed by atoms with van der Waals surface area (Å²) >= 11 is 5.45. The van der Waals surface area contributed by atoms with Gasteiger partial charge in [-0.1, -0.05) is 11.6 Å². The number of aliphatic imine (C=N–C) groups is 1. The van der Waals surface area contributed by atoms with Crippen LogP contribution in [-0.4, -0.2) is 12.6 Å². The number of benzene rings is 1. The molecular formula is C9H6ClF2NO. The Labute approximate surface area is 84.2 Å². The molecule has 0 aromatic heterocycles. The summed E-state index contributed by atoms with van der Waals surface area (Å²) in [4.78, 5) is 12.9. The van der Waals surface area contributed by atoms with E-state index in [1.165, 1.54) is 6.08 Å². The van der Waals surface area contributed by atoms with Gasteiger partial charge >= 0.3 is 0 Å². The van der Waals surface area contributed by atoms with Crippen molar-refractivity contribution in [1.82, 2.24) is 0 Å². The molecule has 1 aromatic carbocycles. The van der Waals surface area contributed by atoms with Crippen molar-refractivity contribution in [2.45, 2.75) is 6.42 Å². The second-order valence-electron chi connectivity index (χ2n) is 2.54. The maximum Gasteiger partial charge on any atom is 0.234 e. The van der Waals surface area contributed by atoms with Gasteiger partial charge in [-0.25, -0.2) is 18.6 Å². The Hall–Kier alpha value is -1.25. The van der Waals surface area contributed by atoms with E-state index in [0.717, 1.165) is 12.1 Å². The van der Waals surface area contributed by atoms with Gasteiger partial charge in [0.2, 0.25) is 6.08 Å². The maximum atomic E-state index is 13.2. The Morgan fingerprint density at radius 2 is 2.14 bits per heavy atom. The van der Waals surface area contributed by atoms with Crippen molar-refractivity contribution in [3.05, 3.63) is 34.4 Å². The molecule has 0 N–H and O–H groups in total. The van der Waals surface area contributed by atoms with Gasteiger partial charge in [-0.05, 0) is 18.6 Å². The van der Waals surface area contributed by atoms with Gasteiger partial charge in [-0.15, -0.1) is 0 Å². The molecule has 0 aliphatic rings. The number of hydrogen-bond acceptors (Lipinski definition) is 2. The van der Waals surface area contributed by atoms with Gasteiger partial charge in [0, 0.05) is 5.56 Å². The molecule has 0 bridgehead atoms. The third-order valence-corrected chi connectivity index (χ3v) is 1.97. The summed E-state index contributed by atoms with van der Waals surface area (Å²) in [5.74, 6) is -1.49. The first kappa shape index (κ1) is 10.8. The summed E-state index contributed by atoms with van der Waals surface area (Å²) in [6, 6.07) is 2.21. The summed E-state index contributed by atoms with van der Waals surface area (Å²) in [7, 11) is 0. The van der Waals surface area contributed by atoms with Crippen LogP contribution in [0.5, 0.6) is 0 Å². The van der Waals surface area contributed by atoms with Gasteiger partial charge in [0.25, 0.3) is 0 Å². The lowest BCUT2D eigenvalue weighted by Crippen LogP contribution is -1.98. The summed E-state index contributed by atoms with van der Waals surface area (Å²) < 4.78 is 26.2. The lowest BCUT2D eigenvalue weighted by molar-refractivity contribution is 0.551. The van der Waals surface area contributed by atoms with E-state index in [1.54, 1.807) is 0 Å². The summed E-state index contributed by atoms with van der Waals surface area (Å²) in [5.41, 5.74) is -0.156. The van der Waals surface area contributed by atoms with Gasteiger partial charge in [0.1, 0.15) is 11.6 Å². The van der Waals surface area contributed by atoms with Crippen molar-refractivity contribution >= 4 is 17.7 Å². The maximum absolute atomic E-state index is 13.2. The highest BCUT2D eigenvalue weighted by molar-refractivity contribution is 6.30. The number of isocyanates is 1. The van der Waals surface area contributed by atoms with Gasteiger partial charge in [-0.3, -0.25) is 0 Å². The average Bonchev–Trinajstić information content (AvgIpc) is 2.18. The van der Waals surface area contributed by atoms with Crippen molar-refractivity contribution in [3.8, 4) is 0 Å². The monoisotopic (exact) mass is 217 g/mol. The van der Waals surface area contributed by atoms with Crippen LogP contribution in [0, 0.1) is 11.6 Å². The van der Waals surface area contributed by atoms with E-state index in [-0.39, 0.29) is 23.6 Å². The van der Waals surface area contributed by atoms with E-state index in [1.807, 2.05) is 0 Å². The highest BCUT2D eigenvalue weighted by Crippen LogP contribution is 2.21. The molecule has 0 radical (unpaired) electrons. The molecule has 74 valence electrons. The summed E-state index contributed by atoms with van der Waals surface area (Å²) in [6.07, 6.45) is 1.28. The zero-order chi connectivity index (χ0) is 10.6. The molecular weight excluding hydrogens is 212 g/mol. The minimum atomic E-state index is -0.798. The second kappa shape index (κ2) is 4.84. The highest BCUT2D eigenvalue weighted by atomic mass is 35.5. The molecule has 0 fully saturated rings. The zero-order valence-electron chi connectivity index (χ0n) is 7.06. The van der Waals surface area contributed by atoms with Crippen molar-refractivity contribution in [3.63, 3.8) is 0 Å². The van der Waals surface area contributed by atoms with E-state index in [9.17, 15) is 13.6 Å². The predicted octanol–water partition coefficient (Wildman–Crippen LogP) is 2.50. The zero-order valence-corrected chi connectivity index (χ0v) is 7.81. The van der Waals surface area contributed by atoms with E-state index in [4.69, 9.17) is 11.6 Å². The molecule has 0 spiro atoms. The van der Waals surface area contributed by atoms with Crippen LogP contribution in [0.3, 0.4) is 0 Å². The van der Waals surface area contributed by atoms with Crippen LogP contribution in [0.1, 0.15) is 5.56 Å². The van der Waals surface area contributed by atoms with Gasteiger partial charge < -0.3 is 0 Å². The Bertz CT molecular complexity index is 389. The SMILES string of the molecule is O=C=NCCc1c(F)ccc(Cl)c1F. The van der Waals surface area contributed by atoms with Crippen LogP contribution in [0.4, 0.5) is 8.78 Å². The summed E-state index contributed by atoms with van der Waals surface area (Å²) in [6.45, 7) is -0.00230. The van der Waals surface area contributed by atoms with Crippen LogP contribution in [-0.2, 0) is 11.2 Å². The van der Waals surface area contributed by atoms with Gasteiger partial charge in [-0.2, -0.15) is 0 Å². The van der Waals surface area contributed by atoms with E-state index in [0.29, 0.717) is 0 Å². The Morgan fingerprint density at radius 3 is 2.79 bits per heavy atom. The number of rotatable bonds is 3. The molecule has 1 aromatic rings. The first-order valence-electron chi connectivity index (χ1n) is 3.83. The Morgan fingerprint density at radius 1 is 1.43 bits per heavy atom. The Kier molecular flexibility index (Phi) is 3.74. The fourth-order valence-electron chi connectivity index (χ4n) is 1.01. The van der Waals surface area contributed by atoms with Crippen molar-refractivity contribution < 1.29 is 13.6 Å². The fourth-order valence-corrected chi connectivity index (χ4v) is 1.19. The number of hydrogen-bond donors (Lipinski definition) is 0. The smallest absolute Gasteiger partial charge is 0.211 e.